The Morgan fingerprint density at radius 3 is 2.58 bits per heavy atom. The van der Waals surface area contributed by atoms with Gasteiger partial charge in [0.05, 0.1) is 5.69 Å². The Kier molecular flexibility index (Phi) is 9.60. The van der Waals surface area contributed by atoms with E-state index in [0.29, 0.717) is 18.4 Å². The highest BCUT2D eigenvalue weighted by molar-refractivity contribution is 14.0. The van der Waals surface area contributed by atoms with Gasteiger partial charge in [-0.05, 0) is 43.4 Å². The van der Waals surface area contributed by atoms with Crippen LogP contribution in [-0.4, -0.2) is 42.9 Å². The van der Waals surface area contributed by atoms with E-state index in [2.05, 4.69) is 32.7 Å². The Labute approximate surface area is 197 Å². The predicted molar refractivity (Wildman–Crippen MR) is 126 cm³/mol. The zero-order valence-corrected chi connectivity index (χ0v) is 19.5. The van der Waals surface area contributed by atoms with Crippen molar-refractivity contribution in [3.05, 3.63) is 65.5 Å². The summed E-state index contributed by atoms with van der Waals surface area (Å²) in [5, 5.41) is 5.40. The summed E-state index contributed by atoms with van der Waals surface area (Å²) in [6.45, 7) is 3.95. The lowest BCUT2D eigenvalue weighted by Crippen LogP contribution is -2.40. The molecule has 2 N–H and O–H groups in total. The van der Waals surface area contributed by atoms with Crippen molar-refractivity contribution in [2.24, 2.45) is 10.9 Å². The third-order valence-corrected chi connectivity index (χ3v) is 4.97. The minimum absolute atomic E-state index is 0. The number of halogens is 4. The number of guanidine groups is 1. The Hall–Kier alpha value is -2.30. The Bertz CT molecular complexity index is 911. The van der Waals surface area contributed by atoms with Crippen molar-refractivity contribution < 1.29 is 18.0 Å². The second kappa shape index (κ2) is 11.9. The van der Waals surface area contributed by atoms with Crippen LogP contribution < -0.4 is 10.6 Å². The van der Waals surface area contributed by atoms with Crippen molar-refractivity contribution in [3.63, 3.8) is 0 Å². The van der Waals surface area contributed by atoms with Crippen molar-refractivity contribution in [2.45, 2.75) is 19.8 Å². The number of carbonyl (C=O) groups is 1. The summed E-state index contributed by atoms with van der Waals surface area (Å²) in [5.41, 5.74) is 0.877. The highest BCUT2D eigenvalue weighted by Crippen LogP contribution is 2.21. The van der Waals surface area contributed by atoms with E-state index in [1.807, 2.05) is 25.1 Å². The van der Waals surface area contributed by atoms with Crippen molar-refractivity contribution in [1.82, 2.24) is 10.2 Å². The van der Waals surface area contributed by atoms with E-state index < -0.39 is 29.0 Å². The summed E-state index contributed by atoms with van der Waals surface area (Å²) in [6.07, 6.45) is 2.00. The number of nitrogens with one attached hydrogen (secondary N) is 2. The fourth-order valence-electron chi connectivity index (χ4n) is 3.52. The van der Waals surface area contributed by atoms with Crippen LogP contribution in [0.1, 0.15) is 18.9 Å². The Morgan fingerprint density at radius 1 is 1.13 bits per heavy atom. The van der Waals surface area contributed by atoms with Gasteiger partial charge in [0.2, 0.25) is 5.91 Å². The third kappa shape index (κ3) is 6.84. The largest absolute Gasteiger partial charge is 0.357 e. The SMILES string of the molecule is CCNC(=NCC(=O)Nc1ccc(F)c(F)c1F)N1CCC(Cc2ccccc2)C1.I. The molecular formula is C22H26F3IN4O. The van der Waals surface area contributed by atoms with Crippen LogP contribution in [0.25, 0.3) is 0 Å². The second-order valence-electron chi connectivity index (χ2n) is 7.23. The van der Waals surface area contributed by atoms with Gasteiger partial charge >= 0.3 is 0 Å². The van der Waals surface area contributed by atoms with E-state index in [9.17, 15) is 18.0 Å². The van der Waals surface area contributed by atoms with Gasteiger partial charge in [-0.1, -0.05) is 30.3 Å². The molecule has 1 aliphatic heterocycles. The van der Waals surface area contributed by atoms with Crippen molar-refractivity contribution in [3.8, 4) is 0 Å². The maximum Gasteiger partial charge on any atom is 0.246 e. The van der Waals surface area contributed by atoms with Crippen LogP contribution in [0.15, 0.2) is 47.5 Å². The predicted octanol–water partition coefficient (Wildman–Crippen LogP) is 4.19. The number of benzene rings is 2. The normalized spacial score (nSPS) is 16.1. The lowest BCUT2D eigenvalue weighted by atomic mass is 9.99. The summed E-state index contributed by atoms with van der Waals surface area (Å²) in [6, 6.07) is 12.0. The zero-order chi connectivity index (χ0) is 21.5. The number of anilines is 1. The molecule has 2 aromatic rings. The molecule has 0 saturated carbocycles. The zero-order valence-electron chi connectivity index (χ0n) is 17.2. The molecule has 2 aromatic carbocycles. The van der Waals surface area contributed by atoms with E-state index in [1.165, 1.54) is 5.56 Å². The average molecular weight is 546 g/mol. The molecule has 31 heavy (non-hydrogen) atoms. The molecule has 168 valence electrons. The molecular weight excluding hydrogens is 520 g/mol. The van der Waals surface area contributed by atoms with Gasteiger partial charge in [-0.25, -0.2) is 18.2 Å². The first kappa shape index (κ1) is 25.0. The lowest BCUT2D eigenvalue weighted by Gasteiger charge is -2.21. The number of amides is 1. The van der Waals surface area contributed by atoms with Crippen LogP contribution in [0.4, 0.5) is 18.9 Å². The molecule has 0 radical (unpaired) electrons. The standard InChI is InChI=1S/C22H25F3N4O.HI/c1-2-26-22(29-11-10-16(14-29)12-15-6-4-3-5-7-15)27-13-19(30)28-18-9-8-17(23)20(24)21(18)25;/h3-9,16H,2,10-14H2,1H3,(H,26,27)(H,28,30);1H. The maximum atomic E-state index is 13.7. The molecule has 9 heteroatoms. The second-order valence-corrected chi connectivity index (χ2v) is 7.23. The van der Waals surface area contributed by atoms with Gasteiger partial charge in [0.15, 0.2) is 23.4 Å². The van der Waals surface area contributed by atoms with Gasteiger partial charge in [0, 0.05) is 19.6 Å². The summed E-state index contributed by atoms with van der Waals surface area (Å²) >= 11 is 0. The van der Waals surface area contributed by atoms with Crippen LogP contribution in [0.3, 0.4) is 0 Å². The minimum atomic E-state index is -1.62. The summed E-state index contributed by atoms with van der Waals surface area (Å²) < 4.78 is 40.0. The summed E-state index contributed by atoms with van der Waals surface area (Å²) in [7, 11) is 0. The smallest absolute Gasteiger partial charge is 0.246 e. The fourth-order valence-corrected chi connectivity index (χ4v) is 3.52. The number of carbonyl (C=O) groups excluding carboxylic acids is 1. The molecule has 1 saturated heterocycles. The van der Waals surface area contributed by atoms with Crippen LogP contribution in [0, 0.1) is 23.4 Å². The Balaban J connectivity index is 0.00000341. The van der Waals surface area contributed by atoms with Gasteiger partial charge in [-0.15, -0.1) is 24.0 Å². The van der Waals surface area contributed by atoms with Gasteiger partial charge in [0.1, 0.15) is 6.54 Å². The number of likely N-dealkylation sites (tertiary alicyclic amines) is 1. The first-order valence-corrected chi connectivity index (χ1v) is 9.98. The molecule has 0 aromatic heterocycles. The third-order valence-electron chi connectivity index (χ3n) is 4.97. The van der Waals surface area contributed by atoms with E-state index >= 15 is 0 Å². The van der Waals surface area contributed by atoms with Gasteiger partial charge in [-0.3, -0.25) is 4.79 Å². The molecule has 0 spiro atoms. The van der Waals surface area contributed by atoms with Crippen LogP contribution in [0.2, 0.25) is 0 Å². The number of hydrogen-bond acceptors (Lipinski definition) is 2. The number of aliphatic imine (C=N–C) groups is 1. The summed E-state index contributed by atoms with van der Waals surface area (Å²) in [5.74, 6) is -3.88. The van der Waals surface area contributed by atoms with Gasteiger partial charge in [0.25, 0.3) is 0 Å². The average Bonchev–Trinajstić information content (AvgIpc) is 3.20. The minimum Gasteiger partial charge on any atom is -0.357 e. The quantitative estimate of drug-likeness (QED) is 0.248. The van der Waals surface area contributed by atoms with E-state index in [-0.39, 0.29) is 30.5 Å². The van der Waals surface area contributed by atoms with Gasteiger partial charge < -0.3 is 15.5 Å². The number of rotatable bonds is 6. The van der Waals surface area contributed by atoms with Crippen molar-refractivity contribution in [1.29, 1.82) is 0 Å². The Morgan fingerprint density at radius 2 is 1.87 bits per heavy atom. The molecule has 1 amide bonds. The molecule has 1 aliphatic rings. The highest BCUT2D eigenvalue weighted by atomic mass is 127. The summed E-state index contributed by atoms with van der Waals surface area (Å²) in [4.78, 5) is 18.6. The maximum absolute atomic E-state index is 13.7. The molecule has 1 atom stereocenters. The molecule has 0 aliphatic carbocycles. The molecule has 1 heterocycles. The monoisotopic (exact) mass is 546 g/mol. The van der Waals surface area contributed by atoms with E-state index in [1.54, 1.807) is 0 Å². The molecule has 1 unspecified atom stereocenters. The number of hydrogen-bond donors (Lipinski definition) is 2. The molecule has 0 bridgehead atoms. The van der Waals surface area contributed by atoms with E-state index in [0.717, 1.165) is 38.1 Å². The van der Waals surface area contributed by atoms with Crippen molar-refractivity contribution in [2.75, 3.05) is 31.5 Å². The first-order chi connectivity index (χ1) is 14.5. The lowest BCUT2D eigenvalue weighted by molar-refractivity contribution is -0.114. The molecule has 1 fully saturated rings. The molecule has 5 nitrogen and oxygen atoms in total. The first-order valence-electron chi connectivity index (χ1n) is 9.98. The highest BCUT2D eigenvalue weighted by Gasteiger charge is 2.25. The fraction of sp³-hybridized carbons (Fsp3) is 0.364. The van der Waals surface area contributed by atoms with E-state index in [4.69, 9.17) is 0 Å². The number of nitrogens with zero attached hydrogens (tertiary/aromatic N) is 2. The molecule has 3 rings (SSSR count). The van der Waals surface area contributed by atoms with Crippen LogP contribution in [-0.2, 0) is 11.2 Å². The van der Waals surface area contributed by atoms with Gasteiger partial charge in [-0.2, -0.15) is 0 Å². The van der Waals surface area contributed by atoms with Crippen LogP contribution in [0.5, 0.6) is 0 Å². The topological polar surface area (TPSA) is 56.7 Å². The van der Waals surface area contributed by atoms with Crippen molar-refractivity contribution >= 4 is 41.5 Å². The van der Waals surface area contributed by atoms with Crippen LogP contribution >= 0.6 is 24.0 Å².